The van der Waals surface area contributed by atoms with E-state index in [2.05, 4.69) is 0 Å². The zero-order valence-corrected chi connectivity index (χ0v) is 21.2. The summed E-state index contributed by atoms with van der Waals surface area (Å²) in [6, 6.07) is 17.0. The van der Waals surface area contributed by atoms with Gasteiger partial charge in [-0.1, -0.05) is 36.4 Å². The first kappa shape index (κ1) is 22.8. The molecule has 0 N–H and O–H groups in total. The van der Waals surface area contributed by atoms with Crippen LogP contribution >= 0.6 is 0 Å². The molecule has 1 saturated heterocycles. The van der Waals surface area contributed by atoms with Crippen LogP contribution in [-0.2, 0) is 14.4 Å². The molecule has 1 fully saturated rings. The summed E-state index contributed by atoms with van der Waals surface area (Å²) >= 11 is 0. The molecule has 0 aromatic heterocycles. The van der Waals surface area contributed by atoms with Gasteiger partial charge in [-0.3, -0.25) is 14.4 Å². The molecule has 3 aromatic rings. The second kappa shape index (κ2) is 8.05. The number of carbonyl (C=O) groups is 3. The Bertz CT molecular complexity index is 1600. The van der Waals surface area contributed by atoms with E-state index in [1.165, 1.54) is 4.90 Å². The van der Waals surface area contributed by atoms with Crippen LogP contribution in [0.5, 0.6) is 17.2 Å². The van der Waals surface area contributed by atoms with Gasteiger partial charge in [0.2, 0.25) is 18.6 Å². The van der Waals surface area contributed by atoms with Crippen molar-refractivity contribution < 1.29 is 28.6 Å². The molecule has 4 atom stereocenters. The normalized spacial score (nSPS) is 25.0. The van der Waals surface area contributed by atoms with Crippen molar-refractivity contribution in [2.75, 3.05) is 11.7 Å². The molecule has 2 amide bonds. The number of aryl methyl sites for hydroxylation is 3. The summed E-state index contributed by atoms with van der Waals surface area (Å²) in [6.45, 7) is 5.87. The number of benzene rings is 3. The van der Waals surface area contributed by atoms with E-state index in [9.17, 15) is 14.4 Å². The Hall–Kier alpha value is -4.39. The number of anilines is 1. The highest BCUT2D eigenvalue weighted by Gasteiger charge is 2.60. The van der Waals surface area contributed by atoms with Gasteiger partial charge in [0, 0.05) is 11.5 Å². The summed E-state index contributed by atoms with van der Waals surface area (Å²) in [7, 11) is 0. The minimum absolute atomic E-state index is 0.134. The average Bonchev–Trinajstić information content (AvgIpc) is 3.46. The van der Waals surface area contributed by atoms with Crippen molar-refractivity contribution >= 4 is 29.0 Å². The molecule has 3 heterocycles. The minimum Gasteiger partial charge on any atom is -0.454 e. The van der Waals surface area contributed by atoms with Crippen molar-refractivity contribution in [1.82, 2.24) is 0 Å². The third-order valence-corrected chi connectivity index (χ3v) is 8.14. The molecule has 38 heavy (non-hydrogen) atoms. The molecule has 0 bridgehead atoms. The van der Waals surface area contributed by atoms with Crippen molar-refractivity contribution in [2.45, 2.75) is 26.7 Å². The number of allylic oxidation sites excluding steroid dienone is 1. The Morgan fingerprint density at radius 1 is 0.763 bits per heavy atom. The highest BCUT2D eigenvalue weighted by atomic mass is 16.7. The van der Waals surface area contributed by atoms with Crippen molar-refractivity contribution in [3.8, 4) is 17.2 Å². The van der Waals surface area contributed by atoms with Gasteiger partial charge in [-0.15, -0.1) is 0 Å². The molecule has 3 aromatic carbocycles. The average molecular weight is 508 g/mol. The Kier molecular flexibility index (Phi) is 4.83. The maximum absolute atomic E-state index is 14.2. The summed E-state index contributed by atoms with van der Waals surface area (Å²) in [4.78, 5) is 43.1. The molecule has 7 heteroatoms. The fourth-order valence-corrected chi connectivity index (χ4v) is 6.31. The number of hydrogen-bond acceptors (Lipinski definition) is 6. The summed E-state index contributed by atoms with van der Waals surface area (Å²) in [5.74, 6) is -2.45. The van der Waals surface area contributed by atoms with Crippen LogP contribution < -0.4 is 19.1 Å². The van der Waals surface area contributed by atoms with E-state index < -0.39 is 29.6 Å². The molecular weight excluding hydrogens is 482 g/mol. The number of fused-ring (bicyclic) bond motifs is 6. The summed E-state index contributed by atoms with van der Waals surface area (Å²) in [5, 5.41) is 0. The zero-order valence-electron chi connectivity index (χ0n) is 21.2. The third-order valence-electron chi connectivity index (χ3n) is 8.14. The van der Waals surface area contributed by atoms with E-state index in [0.29, 0.717) is 22.9 Å². The molecule has 190 valence electrons. The minimum atomic E-state index is -0.889. The second-order valence-electron chi connectivity index (χ2n) is 10.5. The van der Waals surface area contributed by atoms with Crippen LogP contribution in [-0.4, -0.2) is 24.6 Å². The number of nitrogens with zero attached hydrogens (tertiary/aromatic N) is 1. The van der Waals surface area contributed by atoms with Crippen LogP contribution in [0.15, 0.2) is 60.7 Å². The Labute approximate surface area is 219 Å². The lowest BCUT2D eigenvalue weighted by atomic mass is 9.64. The third kappa shape index (κ3) is 3.17. The van der Waals surface area contributed by atoms with Crippen molar-refractivity contribution in [3.63, 3.8) is 0 Å². The quantitative estimate of drug-likeness (QED) is 0.280. The Balaban J connectivity index is 1.44. The molecule has 3 aliphatic heterocycles. The van der Waals surface area contributed by atoms with Crippen LogP contribution in [0.1, 0.15) is 33.7 Å². The first-order valence-corrected chi connectivity index (χ1v) is 12.7. The lowest BCUT2D eigenvalue weighted by molar-refractivity contribution is -0.142. The van der Waals surface area contributed by atoms with Crippen LogP contribution in [0.2, 0.25) is 0 Å². The summed E-state index contributed by atoms with van der Waals surface area (Å²) in [6.07, 6.45) is 1.98. The first-order valence-electron chi connectivity index (χ1n) is 12.7. The molecule has 0 spiro atoms. The van der Waals surface area contributed by atoms with Crippen molar-refractivity contribution in [3.05, 3.63) is 88.5 Å². The van der Waals surface area contributed by atoms with Gasteiger partial charge < -0.3 is 14.2 Å². The molecule has 0 unspecified atom stereocenters. The largest absolute Gasteiger partial charge is 0.454 e. The molecular formula is C31H25NO6. The number of hydrogen-bond donors (Lipinski definition) is 0. The number of carbonyl (C=O) groups excluding carboxylic acids is 3. The van der Waals surface area contributed by atoms with E-state index in [1.807, 2.05) is 81.4 Å². The molecule has 7 rings (SSSR count). The first-order chi connectivity index (χ1) is 18.3. The van der Waals surface area contributed by atoms with E-state index >= 15 is 0 Å². The van der Waals surface area contributed by atoms with Crippen molar-refractivity contribution in [1.29, 1.82) is 0 Å². The zero-order chi connectivity index (χ0) is 26.3. The van der Waals surface area contributed by atoms with Gasteiger partial charge in [-0.05, 0) is 72.9 Å². The van der Waals surface area contributed by atoms with Crippen LogP contribution in [0.25, 0.3) is 5.57 Å². The Morgan fingerprint density at radius 3 is 2.34 bits per heavy atom. The van der Waals surface area contributed by atoms with Crippen LogP contribution in [0.4, 0.5) is 5.69 Å². The standard InChI is InChI=1S/C31H25NO6/c1-15-4-6-17(3)22(10-15)32-29(33)26-20(18-7-9-23-25(12-18)37-14-36-23)13-21-19-8-5-16(2)11-24(19)38-31(35)27(21)28(26)30(32)34/h4-13,20,26-28H,14H2,1-3H3/t20-,26+,27-,28+/m1/s1. The molecule has 4 aliphatic rings. The fourth-order valence-electron chi connectivity index (χ4n) is 6.31. The van der Waals surface area contributed by atoms with Crippen LogP contribution in [0.3, 0.4) is 0 Å². The number of amides is 2. The lowest BCUT2D eigenvalue weighted by Gasteiger charge is -2.38. The van der Waals surface area contributed by atoms with Gasteiger partial charge in [0.1, 0.15) is 5.75 Å². The van der Waals surface area contributed by atoms with Gasteiger partial charge in [0.25, 0.3) is 0 Å². The highest BCUT2D eigenvalue weighted by molar-refractivity contribution is 6.25. The Morgan fingerprint density at radius 2 is 1.50 bits per heavy atom. The van der Waals surface area contributed by atoms with Crippen LogP contribution in [0, 0.1) is 38.5 Å². The molecule has 1 aliphatic carbocycles. The van der Waals surface area contributed by atoms with Crippen molar-refractivity contribution in [2.24, 2.45) is 17.8 Å². The van der Waals surface area contributed by atoms with E-state index in [1.54, 1.807) is 0 Å². The second-order valence-corrected chi connectivity index (χ2v) is 10.5. The number of rotatable bonds is 2. The number of imide groups is 1. The number of ether oxygens (including phenoxy) is 3. The highest BCUT2D eigenvalue weighted by Crippen LogP contribution is 2.55. The van der Waals surface area contributed by atoms with E-state index in [-0.39, 0.29) is 18.6 Å². The predicted octanol–water partition coefficient (Wildman–Crippen LogP) is 4.86. The topological polar surface area (TPSA) is 82.1 Å². The molecule has 0 saturated carbocycles. The monoisotopic (exact) mass is 507 g/mol. The molecule has 0 radical (unpaired) electrons. The van der Waals surface area contributed by atoms with Gasteiger partial charge in [0.05, 0.1) is 23.4 Å². The van der Waals surface area contributed by atoms with E-state index in [4.69, 9.17) is 14.2 Å². The lowest BCUT2D eigenvalue weighted by Crippen LogP contribution is -2.42. The predicted molar refractivity (Wildman–Crippen MR) is 139 cm³/mol. The number of esters is 1. The smallest absolute Gasteiger partial charge is 0.319 e. The van der Waals surface area contributed by atoms with Gasteiger partial charge in [-0.25, -0.2) is 4.90 Å². The SMILES string of the molecule is Cc1ccc2c(c1)OC(=O)[C@@H]1C2=C[C@H](c2ccc3c(c2)OCO3)[C@@H]2C(=O)N(c3cc(C)ccc3C)C(=O)[C@H]12. The van der Waals surface area contributed by atoms with Gasteiger partial charge in [0.15, 0.2) is 11.5 Å². The maximum atomic E-state index is 14.2. The fraction of sp³-hybridized carbons (Fsp3) is 0.258. The summed E-state index contributed by atoms with van der Waals surface area (Å²) < 4.78 is 16.9. The van der Waals surface area contributed by atoms with Gasteiger partial charge >= 0.3 is 5.97 Å². The maximum Gasteiger partial charge on any atom is 0.319 e. The van der Waals surface area contributed by atoms with Gasteiger partial charge in [-0.2, -0.15) is 0 Å². The van der Waals surface area contributed by atoms with E-state index in [0.717, 1.165) is 33.4 Å². The summed E-state index contributed by atoms with van der Waals surface area (Å²) in [5.41, 5.74) is 5.60. The molecule has 7 nitrogen and oxygen atoms in total.